The standard InChI is InChI=1S/C18H20F3N5O2/c19-18(20,21)17(28)26-5-3-14(4-6-26)16(27)25-9-7-24(8-10-25)15-2-1-13(11-22)12-23-15/h1-2,12,14H,3-10H2. The zero-order valence-electron chi connectivity index (χ0n) is 15.2. The van der Waals surface area contributed by atoms with Crippen LogP contribution >= 0.6 is 0 Å². The fraction of sp³-hybridized carbons (Fsp3) is 0.556. The maximum Gasteiger partial charge on any atom is 0.471 e. The summed E-state index contributed by atoms with van der Waals surface area (Å²) in [6, 6.07) is 5.47. The van der Waals surface area contributed by atoms with E-state index in [2.05, 4.69) is 4.98 Å². The van der Waals surface area contributed by atoms with Gasteiger partial charge in [0.25, 0.3) is 0 Å². The molecule has 0 saturated carbocycles. The van der Waals surface area contributed by atoms with Crippen molar-refractivity contribution in [2.75, 3.05) is 44.2 Å². The molecule has 0 aromatic carbocycles. The summed E-state index contributed by atoms with van der Waals surface area (Å²) in [5, 5.41) is 8.82. The van der Waals surface area contributed by atoms with Gasteiger partial charge in [0, 0.05) is 51.4 Å². The number of hydrogen-bond donors (Lipinski definition) is 0. The number of nitriles is 1. The first-order valence-electron chi connectivity index (χ1n) is 9.05. The molecule has 10 heteroatoms. The van der Waals surface area contributed by atoms with Gasteiger partial charge in [-0.05, 0) is 25.0 Å². The van der Waals surface area contributed by atoms with Crippen LogP contribution in [0.3, 0.4) is 0 Å². The third-order valence-corrected chi connectivity index (χ3v) is 5.17. The third-order valence-electron chi connectivity index (χ3n) is 5.17. The second-order valence-electron chi connectivity index (χ2n) is 6.89. The Hall–Kier alpha value is -2.83. The quantitative estimate of drug-likeness (QED) is 0.756. The minimum absolute atomic E-state index is 0.0517. The molecule has 1 aromatic rings. The summed E-state index contributed by atoms with van der Waals surface area (Å²) in [6.07, 6.45) is -2.87. The number of pyridine rings is 1. The highest BCUT2D eigenvalue weighted by Gasteiger charge is 2.44. The van der Waals surface area contributed by atoms with Crippen LogP contribution in [0.15, 0.2) is 18.3 Å². The summed E-state index contributed by atoms with van der Waals surface area (Å²) < 4.78 is 37.5. The highest BCUT2D eigenvalue weighted by atomic mass is 19.4. The molecule has 0 N–H and O–H groups in total. The lowest BCUT2D eigenvalue weighted by atomic mass is 9.95. The summed E-state index contributed by atoms with van der Waals surface area (Å²) >= 11 is 0. The van der Waals surface area contributed by atoms with Gasteiger partial charge in [0.05, 0.1) is 5.56 Å². The van der Waals surface area contributed by atoms with E-state index in [1.807, 2.05) is 11.0 Å². The van der Waals surface area contributed by atoms with E-state index in [1.165, 1.54) is 6.20 Å². The van der Waals surface area contributed by atoms with Gasteiger partial charge in [-0.1, -0.05) is 0 Å². The summed E-state index contributed by atoms with van der Waals surface area (Å²) in [4.78, 5) is 32.7. The Labute approximate surface area is 160 Å². The van der Waals surface area contributed by atoms with Crippen LogP contribution in [0, 0.1) is 17.2 Å². The zero-order valence-corrected chi connectivity index (χ0v) is 15.2. The molecule has 0 spiro atoms. The van der Waals surface area contributed by atoms with Crippen molar-refractivity contribution in [1.82, 2.24) is 14.8 Å². The van der Waals surface area contributed by atoms with Crippen LogP contribution in [0.2, 0.25) is 0 Å². The number of anilines is 1. The molecule has 0 unspecified atom stereocenters. The number of amides is 2. The highest BCUT2D eigenvalue weighted by molar-refractivity contribution is 5.83. The Kier molecular flexibility index (Phi) is 5.72. The van der Waals surface area contributed by atoms with Crippen LogP contribution in [0.5, 0.6) is 0 Å². The van der Waals surface area contributed by atoms with Crippen LogP contribution in [0.1, 0.15) is 18.4 Å². The number of nitrogens with zero attached hydrogens (tertiary/aromatic N) is 5. The molecule has 2 amide bonds. The molecule has 0 atom stereocenters. The number of halogens is 3. The molecule has 3 rings (SSSR count). The second kappa shape index (κ2) is 8.04. The van der Waals surface area contributed by atoms with Crippen LogP contribution in [-0.4, -0.2) is 72.0 Å². The van der Waals surface area contributed by atoms with Crippen LogP contribution in [0.4, 0.5) is 19.0 Å². The average molecular weight is 395 g/mol. The number of carbonyl (C=O) groups excluding carboxylic acids is 2. The summed E-state index contributed by atoms with van der Waals surface area (Å²) in [5.41, 5.74) is 0.480. The molecule has 0 bridgehead atoms. The van der Waals surface area contributed by atoms with Gasteiger partial charge in [0.2, 0.25) is 5.91 Å². The van der Waals surface area contributed by atoms with Gasteiger partial charge in [0.15, 0.2) is 0 Å². The monoisotopic (exact) mass is 395 g/mol. The lowest BCUT2D eigenvalue weighted by Crippen LogP contribution is -2.52. The minimum Gasteiger partial charge on any atom is -0.353 e. The van der Waals surface area contributed by atoms with Crippen molar-refractivity contribution >= 4 is 17.6 Å². The average Bonchev–Trinajstić information content (AvgIpc) is 2.72. The molecule has 150 valence electrons. The maximum atomic E-state index is 12.7. The number of likely N-dealkylation sites (tertiary alicyclic amines) is 1. The van der Waals surface area contributed by atoms with Gasteiger partial charge in [-0.15, -0.1) is 0 Å². The minimum atomic E-state index is -4.87. The van der Waals surface area contributed by atoms with E-state index < -0.39 is 12.1 Å². The molecule has 2 fully saturated rings. The molecular weight excluding hydrogens is 375 g/mol. The van der Waals surface area contributed by atoms with Crippen molar-refractivity contribution in [3.05, 3.63) is 23.9 Å². The smallest absolute Gasteiger partial charge is 0.353 e. The third kappa shape index (κ3) is 4.35. The van der Waals surface area contributed by atoms with E-state index in [1.54, 1.807) is 17.0 Å². The number of carbonyl (C=O) groups is 2. The van der Waals surface area contributed by atoms with Crippen molar-refractivity contribution in [3.8, 4) is 6.07 Å². The van der Waals surface area contributed by atoms with Crippen LogP contribution in [0.25, 0.3) is 0 Å². The number of aromatic nitrogens is 1. The van der Waals surface area contributed by atoms with E-state index in [-0.39, 0.29) is 37.8 Å². The number of alkyl halides is 3. The van der Waals surface area contributed by atoms with Gasteiger partial charge in [-0.25, -0.2) is 4.98 Å². The number of piperazine rings is 1. The lowest BCUT2D eigenvalue weighted by molar-refractivity contribution is -0.187. The zero-order chi connectivity index (χ0) is 20.3. The molecule has 2 aliphatic heterocycles. The summed E-state index contributed by atoms with van der Waals surface area (Å²) in [7, 11) is 0. The Morgan fingerprint density at radius 1 is 1.04 bits per heavy atom. The predicted octanol–water partition coefficient (Wildman–Crippen LogP) is 1.40. The van der Waals surface area contributed by atoms with Gasteiger partial charge in [-0.3, -0.25) is 9.59 Å². The van der Waals surface area contributed by atoms with Gasteiger partial charge >= 0.3 is 12.1 Å². The van der Waals surface area contributed by atoms with Gasteiger partial charge in [0.1, 0.15) is 11.9 Å². The van der Waals surface area contributed by atoms with Crippen LogP contribution < -0.4 is 4.90 Å². The van der Waals surface area contributed by atoms with Crippen molar-refractivity contribution < 1.29 is 22.8 Å². The molecule has 1 aromatic heterocycles. The maximum absolute atomic E-state index is 12.7. The lowest BCUT2D eigenvalue weighted by Gasteiger charge is -2.39. The van der Waals surface area contributed by atoms with Crippen molar-refractivity contribution in [2.24, 2.45) is 5.92 Å². The first kappa shape index (κ1) is 19.9. The fourth-order valence-corrected chi connectivity index (χ4v) is 3.56. The normalized spacial score (nSPS) is 18.7. The van der Waals surface area contributed by atoms with E-state index in [0.29, 0.717) is 31.7 Å². The van der Waals surface area contributed by atoms with E-state index in [9.17, 15) is 22.8 Å². The van der Waals surface area contributed by atoms with Crippen molar-refractivity contribution in [1.29, 1.82) is 5.26 Å². The fourth-order valence-electron chi connectivity index (χ4n) is 3.56. The number of piperidine rings is 1. The van der Waals surface area contributed by atoms with Crippen molar-refractivity contribution in [3.63, 3.8) is 0 Å². The van der Waals surface area contributed by atoms with E-state index in [4.69, 9.17) is 5.26 Å². The molecule has 2 saturated heterocycles. The van der Waals surface area contributed by atoms with Crippen LogP contribution in [-0.2, 0) is 9.59 Å². The molecule has 7 nitrogen and oxygen atoms in total. The summed E-state index contributed by atoms with van der Waals surface area (Å²) in [5.74, 6) is -1.50. The molecule has 3 heterocycles. The molecule has 0 radical (unpaired) electrons. The first-order valence-corrected chi connectivity index (χ1v) is 9.05. The Bertz CT molecular complexity index is 759. The van der Waals surface area contributed by atoms with E-state index >= 15 is 0 Å². The highest BCUT2D eigenvalue weighted by Crippen LogP contribution is 2.25. The summed E-state index contributed by atoms with van der Waals surface area (Å²) in [6.45, 7) is 2.09. The number of hydrogen-bond acceptors (Lipinski definition) is 5. The Morgan fingerprint density at radius 3 is 2.18 bits per heavy atom. The topological polar surface area (TPSA) is 80.5 Å². The van der Waals surface area contributed by atoms with Crippen molar-refractivity contribution in [2.45, 2.75) is 19.0 Å². The Morgan fingerprint density at radius 2 is 1.68 bits per heavy atom. The molecule has 2 aliphatic rings. The second-order valence-corrected chi connectivity index (χ2v) is 6.89. The largest absolute Gasteiger partial charge is 0.471 e. The molecular formula is C18H20F3N5O2. The predicted molar refractivity (Wildman–Crippen MR) is 93.1 cm³/mol. The molecule has 0 aliphatic carbocycles. The van der Waals surface area contributed by atoms with E-state index in [0.717, 1.165) is 10.7 Å². The SMILES string of the molecule is N#Cc1ccc(N2CCN(C(=O)C3CCN(C(=O)C(F)(F)F)CC3)CC2)nc1. The van der Waals surface area contributed by atoms with Gasteiger partial charge in [-0.2, -0.15) is 18.4 Å². The first-order chi connectivity index (χ1) is 13.3. The Balaban J connectivity index is 1.49. The van der Waals surface area contributed by atoms with Gasteiger partial charge < -0.3 is 14.7 Å². The molecule has 28 heavy (non-hydrogen) atoms. The number of rotatable bonds is 2.